The van der Waals surface area contributed by atoms with Crippen LogP contribution in [0.15, 0.2) is 85.2 Å². The number of hydrogen-bond acceptors (Lipinski definition) is 1. The molecule has 3 aromatic carbocycles. The first-order valence-corrected chi connectivity index (χ1v) is 9.19. The largest absolute Gasteiger partial charge is 0.330 e. The van der Waals surface area contributed by atoms with Crippen LogP contribution >= 0.6 is 0 Å². The lowest BCUT2D eigenvalue weighted by atomic mass is 10.0. The maximum Gasteiger partial charge on any atom is 0.123 e. The Morgan fingerprint density at radius 2 is 1.56 bits per heavy atom. The molecule has 2 nitrogen and oxygen atoms in total. The Labute approximate surface area is 159 Å². The van der Waals surface area contributed by atoms with Crippen LogP contribution in [0.25, 0.3) is 22.4 Å². The van der Waals surface area contributed by atoms with Crippen LogP contribution in [-0.4, -0.2) is 9.55 Å². The van der Waals surface area contributed by atoms with E-state index < -0.39 is 0 Å². The van der Waals surface area contributed by atoms with E-state index in [2.05, 4.69) is 65.0 Å². The summed E-state index contributed by atoms with van der Waals surface area (Å²) in [6.45, 7) is 2.85. The summed E-state index contributed by atoms with van der Waals surface area (Å²) in [5.41, 5.74) is 6.43. The molecule has 0 amide bonds. The molecule has 0 saturated heterocycles. The van der Waals surface area contributed by atoms with Crippen molar-refractivity contribution in [1.29, 1.82) is 0 Å². The predicted molar refractivity (Wildman–Crippen MR) is 108 cm³/mol. The van der Waals surface area contributed by atoms with E-state index in [1.165, 1.54) is 22.8 Å². The summed E-state index contributed by atoms with van der Waals surface area (Å²) >= 11 is 0. The van der Waals surface area contributed by atoms with Gasteiger partial charge >= 0.3 is 0 Å². The second-order valence-corrected chi connectivity index (χ2v) is 6.60. The van der Waals surface area contributed by atoms with E-state index in [0.29, 0.717) is 0 Å². The average Bonchev–Trinajstić information content (AvgIpc) is 3.11. The molecule has 0 radical (unpaired) electrons. The Morgan fingerprint density at radius 1 is 0.815 bits per heavy atom. The molecule has 27 heavy (non-hydrogen) atoms. The van der Waals surface area contributed by atoms with Crippen LogP contribution in [0.3, 0.4) is 0 Å². The molecule has 0 unspecified atom stereocenters. The second-order valence-electron chi connectivity index (χ2n) is 6.60. The van der Waals surface area contributed by atoms with Gasteiger partial charge in [0, 0.05) is 17.8 Å². The van der Waals surface area contributed by atoms with Crippen molar-refractivity contribution >= 4 is 0 Å². The fourth-order valence-corrected chi connectivity index (χ4v) is 3.47. The molecule has 0 aliphatic rings. The molecule has 4 rings (SSSR count). The number of benzene rings is 3. The number of hydrogen-bond donors (Lipinski definition) is 0. The van der Waals surface area contributed by atoms with Crippen LogP contribution in [0.5, 0.6) is 0 Å². The Balaban J connectivity index is 1.66. The zero-order valence-corrected chi connectivity index (χ0v) is 15.3. The third kappa shape index (κ3) is 3.68. The van der Waals surface area contributed by atoms with Crippen LogP contribution in [-0.2, 0) is 13.0 Å². The van der Waals surface area contributed by atoms with Gasteiger partial charge in [0.25, 0.3) is 0 Å². The summed E-state index contributed by atoms with van der Waals surface area (Å²) in [6, 6.07) is 25.6. The molecule has 0 atom stereocenters. The lowest BCUT2D eigenvalue weighted by Gasteiger charge is -2.10. The highest BCUT2D eigenvalue weighted by atomic mass is 19.1. The maximum atomic E-state index is 13.6. The van der Waals surface area contributed by atoms with Gasteiger partial charge in [-0.05, 0) is 41.3 Å². The summed E-state index contributed by atoms with van der Waals surface area (Å²) in [6.07, 6.45) is 2.69. The number of rotatable bonds is 5. The minimum atomic E-state index is -0.236. The van der Waals surface area contributed by atoms with Crippen LogP contribution in [0.2, 0.25) is 0 Å². The second kappa shape index (κ2) is 7.58. The highest BCUT2D eigenvalue weighted by molar-refractivity contribution is 5.64. The van der Waals surface area contributed by atoms with E-state index in [-0.39, 0.29) is 5.82 Å². The van der Waals surface area contributed by atoms with E-state index in [4.69, 9.17) is 0 Å². The maximum absolute atomic E-state index is 13.6. The Bertz CT molecular complexity index is 1050. The van der Waals surface area contributed by atoms with Crippen LogP contribution < -0.4 is 0 Å². The molecule has 0 aliphatic carbocycles. The lowest BCUT2D eigenvalue weighted by Crippen LogP contribution is -2.03. The lowest BCUT2D eigenvalue weighted by molar-refractivity contribution is 0.628. The van der Waals surface area contributed by atoms with Gasteiger partial charge < -0.3 is 4.57 Å². The quantitative estimate of drug-likeness (QED) is 0.431. The number of nitrogens with zero attached hydrogens (tertiary/aromatic N) is 2. The normalized spacial score (nSPS) is 10.9. The Kier molecular flexibility index (Phi) is 4.84. The van der Waals surface area contributed by atoms with Gasteiger partial charge in [0.2, 0.25) is 0 Å². The highest BCUT2D eigenvalue weighted by Crippen LogP contribution is 2.25. The minimum absolute atomic E-state index is 0.236. The van der Waals surface area contributed by atoms with Gasteiger partial charge in [0.05, 0.1) is 12.0 Å². The van der Waals surface area contributed by atoms with Gasteiger partial charge in [0.15, 0.2) is 0 Å². The third-order valence-corrected chi connectivity index (χ3v) is 4.77. The number of halogens is 1. The first kappa shape index (κ1) is 17.2. The minimum Gasteiger partial charge on any atom is -0.330 e. The van der Waals surface area contributed by atoms with Crippen molar-refractivity contribution in [2.45, 2.75) is 19.9 Å². The first-order valence-electron chi connectivity index (χ1n) is 9.19. The van der Waals surface area contributed by atoms with Gasteiger partial charge in [-0.15, -0.1) is 0 Å². The summed E-state index contributed by atoms with van der Waals surface area (Å²) in [4.78, 5) is 4.57. The number of aromatic nitrogens is 2. The monoisotopic (exact) mass is 356 g/mol. The summed E-state index contributed by atoms with van der Waals surface area (Å²) in [5.74, 6) is -0.236. The van der Waals surface area contributed by atoms with Crippen LogP contribution in [0, 0.1) is 5.82 Å². The molecule has 0 spiro atoms. The third-order valence-electron chi connectivity index (χ3n) is 4.77. The highest BCUT2D eigenvalue weighted by Gasteiger charge is 2.12. The Morgan fingerprint density at radius 3 is 2.33 bits per heavy atom. The SMILES string of the molecule is CCc1c(-c2cccc(F)c2)ncn1Cc1cccc(-c2ccccc2)c1. The van der Waals surface area contributed by atoms with Gasteiger partial charge in [0.1, 0.15) is 5.82 Å². The molecule has 0 aliphatic heterocycles. The molecule has 0 saturated carbocycles. The molecular weight excluding hydrogens is 335 g/mol. The van der Waals surface area contributed by atoms with Gasteiger partial charge in [-0.1, -0.05) is 67.6 Å². The van der Waals surface area contributed by atoms with Crippen molar-refractivity contribution in [3.8, 4) is 22.4 Å². The van der Waals surface area contributed by atoms with Gasteiger partial charge in [-0.3, -0.25) is 0 Å². The van der Waals surface area contributed by atoms with Crippen molar-refractivity contribution in [2.75, 3.05) is 0 Å². The van der Waals surface area contributed by atoms with Crippen molar-refractivity contribution in [2.24, 2.45) is 0 Å². The molecule has 134 valence electrons. The Hall–Kier alpha value is -3.20. The summed E-state index contributed by atoms with van der Waals surface area (Å²) in [7, 11) is 0. The molecule has 0 N–H and O–H groups in total. The van der Waals surface area contributed by atoms with E-state index in [1.807, 2.05) is 18.5 Å². The average molecular weight is 356 g/mol. The molecule has 1 heterocycles. The first-order chi connectivity index (χ1) is 13.2. The van der Waals surface area contributed by atoms with Gasteiger partial charge in [-0.25, -0.2) is 9.37 Å². The van der Waals surface area contributed by atoms with Crippen LogP contribution in [0.1, 0.15) is 18.2 Å². The van der Waals surface area contributed by atoms with Crippen molar-refractivity contribution < 1.29 is 4.39 Å². The fraction of sp³-hybridized carbons (Fsp3) is 0.125. The smallest absolute Gasteiger partial charge is 0.123 e. The zero-order chi connectivity index (χ0) is 18.6. The predicted octanol–water partition coefficient (Wildman–Crippen LogP) is 5.97. The van der Waals surface area contributed by atoms with Crippen molar-refractivity contribution in [1.82, 2.24) is 9.55 Å². The zero-order valence-electron chi connectivity index (χ0n) is 15.3. The molecule has 1 aromatic heterocycles. The van der Waals surface area contributed by atoms with E-state index in [0.717, 1.165) is 29.9 Å². The van der Waals surface area contributed by atoms with E-state index >= 15 is 0 Å². The standard InChI is InChI=1S/C24H21FN2/c1-2-23-24(21-12-7-13-22(25)15-21)26-17-27(23)16-18-8-6-11-20(14-18)19-9-4-3-5-10-19/h3-15,17H,2,16H2,1H3. The fourth-order valence-electron chi connectivity index (χ4n) is 3.47. The molecule has 3 heteroatoms. The van der Waals surface area contributed by atoms with E-state index in [1.54, 1.807) is 12.1 Å². The van der Waals surface area contributed by atoms with Gasteiger partial charge in [-0.2, -0.15) is 0 Å². The molecule has 0 bridgehead atoms. The topological polar surface area (TPSA) is 17.8 Å². The summed E-state index contributed by atoms with van der Waals surface area (Å²) < 4.78 is 15.8. The molecular formula is C24H21FN2. The summed E-state index contributed by atoms with van der Waals surface area (Å²) in [5, 5.41) is 0. The molecule has 0 fully saturated rings. The molecule has 4 aromatic rings. The van der Waals surface area contributed by atoms with Crippen molar-refractivity contribution in [3.05, 3.63) is 102 Å². The van der Waals surface area contributed by atoms with Crippen LogP contribution in [0.4, 0.5) is 4.39 Å². The van der Waals surface area contributed by atoms with Crippen molar-refractivity contribution in [3.63, 3.8) is 0 Å². The van der Waals surface area contributed by atoms with E-state index in [9.17, 15) is 4.39 Å². The number of imidazole rings is 1.